The first-order valence-electron chi connectivity index (χ1n) is 13.3. The highest BCUT2D eigenvalue weighted by atomic mass is 19.4. The Morgan fingerprint density at radius 2 is 1.76 bits per heavy atom. The minimum Gasteiger partial charge on any atom is -0.336 e. The molecule has 0 bridgehead atoms. The van der Waals surface area contributed by atoms with Crippen molar-refractivity contribution in [3.05, 3.63) is 47.3 Å². The van der Waals surface area contributed by atoms with Crippen molar-refractivity contribution in [2.24, 2.45) is 17.8 Å². The van der Waals surface area contributed by atoms with Gasteiger partial charge in [-0.15, -0.1) is 0 Å². The quantitative estimate of drug-likeness (QED) is 0.505. The second kappa shape index (κ2) is 11.8. The Labute approximate surface area is 221 Å². The number of likely N-dealkylation sites (N-methyl/N-ethyl adjacent to an activating group) is 1. The molecule has 2 fully saturated rings. The maximum absolute atomic E-state index is 13.8. The predicted octanol–water partition coefficient (Wildman–Crippen LogP) is 5.20. The lowest BCUT2D eigenvalue weighted by atomic mass is 9.84. The molecular weight excluding hydrogens is 495 g/mol. The summed E-state index contributed by atoms with van der Waals surface area (Å²) >= 11 is 0. The third-order valence-electron chi connectivity index (χ3n) is 7.49. The third kappa shape index (κ3) is 6.89. The first kappa shape index (κ1) is 28.0. The molecule has 1 saturated carbocycles. The number of hydrogen-bond donors (Lipinski definition) is 1. The number of halogens is 3. The molecule has 10 heteroatoms. The van der Waals surface area contributed by atoms with Crippen molar-refractivity contribution in [3.63, 3.8) is 0 Å². The summed E-state index contributed by atoms with van der Waals surface area (Å²) in [5, 5.41) is 2.97. The second-order valence-electron chi connectivity index (χ2n) is 10.9. The lowest BCUT2D eigenvalue weighted by molar-refractivity contribution is -0.138. The number of carbonyl (C=O) groups is 2. The van der Waals surface area contributed by atoms with Gasteiger partial charge in [0.15, 0.2) is 0 Å². The van der Waals surface area contributed by atoms with Gasteiger partial charge in [-0.3, -0.25) is 9.59 Å². The van der Waals surface area contributed by atoms with Gasteiger partial charge in [-0.05, 0) is 62.4 Å². The van der Waals surface area contributed by atoms with Gasteiger partial charge in [0.1, 0.15) is 5.78 Å². The van der Waals surface area contributed by atoms with Gasteiger partial charge in [0.05, 0.1) is 11.3 Å². The van der Waals surface area contributed by atoms with Gasteiger partial charge < -0.3 is 15.1 Å². The zero-order chi connectivity index (χ0) is 27.4. The van der Waals surface area contributed by atoms with Gasteiger partial charge in [0.25, 0.3) is 5.91 Å². The largest absolute Gasteiger partial charge is 0.419 e. The molecule has 1 aliphatic carbocycles. The molecule has 2 aliphatic rings. The van der Waals surface area contributed by atoms with Gasteiger partial charge in [0.2, 0.25) is 5.95 Å². The molecule has 0 unspecified atom stereocenters. The van der Waals surface area contributed by atoms with Gasteiger partial charge >= 0.3 is 6.18 Å². The molecule has 2 atom stereocenters. The molecule has 7 nitrogen and oxygen atoms in total. The molecule has 1 aliphatic heterocycles. The Balaban J connectivity index is 1.49. The average Bonchev–Trinajstić information content (AvgIpc) is 3.32. The molecule has 1 saturated heterocycles. The van der Waals surface area contributed by atoms with E-state index in [2.05, 4.69) is 20.2 Å². The number of anilines is 2. The minimum absolute atomic E-state index is 0.0455. The van der Waals surface area contributed by atoms with E-state index in [-0.39, 0.29) is 47.5 Å². The summed E-state index contributed by atoms with van der Waals surface area (Å²) in [6.07, 6.45) is -0.995. The smallest absolute Gasteiger partial charge is 0.336 e. The summed E-state index contributed by atoms with van der Waals surface area (Å²) in [7, 11) is 2.02. The number of carbonyl (C=O) groups excluding carboxylic acids is 2. The Hall–Kier alpha value is -3.01. The number of benzene rings is 1. The number of alkyl halides is 3. The fourth-order valence-electron chi connectivity index (χ4n) is 5.39. The fourth-order valence-corrected chi connectivity index (χ4v) is 5.39. The summed E-state index contributed by atoms with van der Waals surface area (Å²) in [6, 6.07) is 6.78. The molecule has 1 N–H and O–H groups in total. The maximum atomic E-state index is 13.8. The lowest BCUT2D eigenvalue weighted by Crippen LogP contribution is -2.47. The number of hydrogen-bond acceptors (Lipinski definition) is 6. The molecule has 38 heavy (non-hydrogen) atoms. The molecule has 1 amide bonds. The number of piperazine rings is 1. The zero-order valence-corrected chi connectivity index (χ0v) is 22.2. The van der Waals surface area contributed by atoms with Crippen molar-refractivity contribution in [3.8, 4) is 0 Å². The van der Waals surface area contributed by atoms with Crippen molar-refractivity contribution < 1.29 is 22.8 Å². The third-order valence-corrected chi connectivity index (χ3v) is 7.49. The van der Waals surface area contributed by atoms with Crippen LogP contribution in [0.15, 0.2) is 30.5 Å². The minimum atomic E-state index is -4.59. The molecule has 0 radical (unpaired) electrons. The first-order chi connectivity index (χ1) is 18.0. The summed E-state index contributed by atoms with van der Waals surface area (Å²) in [4.78, 5) is 37.7. The number of rotatable bonds is 8. The van der Waals surface area contributed by atoms with Crippen LogP contribution in [0.4, 0.5) is 24.8 Å². The van der Waals surface area contributed by atoms with Crippen LogP contribution in [-0.2, 0) is 17.4 Å². The number of amides is 1. The van der Waals surface area contributed by atoms with Crippen molar-refractivity contribution in [2.75, 3.05) is 38.5 Å². The highest BCUT2D eigenvalue weighted by Crippen LogP contribution is 2.39. The number of aromatic nitrogens is 2. The van der Waals surface area contributed by atoms with Crippen molar-refractivity contribution in [1.29, 1.82) is 0 Å². The van der Waals surface area contributed by atoms with Crippen LogP contribution >= 0.6 is 0 Å². The summed E-state index contributed by atoms with van der Waals surface area (Å²) < 4.78 is 41.4. The maximum Gasteiger partial charge on any atom is 0.419 e. The lowest BCUT2D eigenvalue weighted by Gasteiger charge is -2.32. The van der Waals surface area contributed by atoms with Crippen LogP contribution in [-0.4, -0.2) is 64.7 Å². The standard InChI is InChI=1S/C28H36F3N5O2/c1-18(2)15-25(37)22-6-4-5-20(22)16-24-23(28(29,30)31)17-32-27(34-24)33-21-9-7-19(8-10-21)26(38)36-13-11-35(3)12-14-36/h7-10,17-18,20,22H,4-6,11-16H2,1-3H3,(H,32,33,34)/t20-,22-/m0/s1. The van der Waals surface area contributed by atoms with Crippen LogP contribution in [0, 0.1) is 17.8 Å². The van der Waals surface area contributed by atoms with E-state index in [1.165, 1.54) is 0 Å². The van der Waals surface area contributed by atoms with Crippen molar-refractivity contribution >= 4 is 23.3 Å². The number of Topliss-reactive ketones (excluding diaryl/α,β-unsaturated/α-hetero) is 1. The van der Waals surface area contributed by atoms with Crippen molar-refractivity contribution in [2.45, 2.75) is 52.1 Å². The number of nitrogens with zero attached hydrogens (tertiary/aromatic N) is 4. The Kier molecular flexibility index (Phi) is 8.70. The van der Waals surface area contributed by atoms with E-state index >= 15 is 0 Å². The second-order valence-corrected chi connectivity index (χ2v) is 10.9. The Morgan fingerprint density at radius 1 is 1.08 bits per heavy atom. The predicted molar refractivity (Wildman–Crippen MR) is 139 cm³/mol. The molecule has 1 aromatic heterocycles. The Bertz CT molecular complexity index is 1130. The normalized spacial score (nSPS) is 20.7. The molecule has 2 heterocycles. The van der Waals surface area contributed by atoms with Gasteiger partial charge in [-0.25, -0.2) is 9.97 Å². The molecule has 1 aromatic carbocycles. The van der Waals surface area contributed by atoms with E-state index in [4.69, 9.17) is 0 Å². The van der Waals surface area contributed by atoms with E-state index in [1.54, 1.807) is 24.3 Å². The van der Waals surface area contributed by atoms with Gasteiger partial charge in [0, 0.05) is 56.0 Å². The van der Waals surface area contributed by atoms with Crippen LogP contribution < -0.4 is 5.32 Å². The monoisotopic (exact) mass is 531 g/mol. The fraction of sp³-hybridized carbons (Fsp3) is 0.571. The van der Waals surface area contributed by atoms with Gasteiger partial charge in [-0.2, -0.15) is 13.2 Å². The molecule has 2 aromatic rings. The van der Waals surface area contributed by atoms with Crippen LogP contribution in [0.25, 0.3) is 0 Å². The summed E-state index contributed by atoms with van der Waals surface area (Å²) in [5.41, 5.74) is 0.160. The van der Waals surface area contributed by atoms with Gasteiger partial charge in [-0.1, -0.05) is 20.3 Å². The number of nitrogens with one attached hydrogen (secondary N) is 1. The average molecular weight is 532 g/mol. The highest BCUT2D eigenvalue weighted by Gasteiger charge is 2.38. The van der Waals surface area contributed by atoms with Crippen LogP contribution in [0.5, 0.6) is 0 Å². The van der Waals surface area contributed by atoms with Crippen LogP contribution in [0.2, 0.25) is 0 Å². The van der Waals surface area contributed by atoms with E-state index in [1.807, 2.05) is 25.8 Å². The molecule has 206 valence electrons. The van der Waals surface area contributed by atoms with Crippen LogP contribution in [0.1, 0.15) is 61.1 Å². The zero-order valence-electron chi connectivity index (χ0n) is 22.2. The van der Waals surface area contributed by atoms with E-state index < -0.39 is 11.7 Å². The summed E-state index contributed by atoms with van der Waals surface area (Å²) in [5.74, 6) is -0.0347. The highest BCUT2D eigenvalue weighted by molar-refractivity contribution is 5.94. The number of ketones is 1. The van der Waals surface area contributed by atoms with E-state index in [0.717, 1.165) is 25.7 Å². The van der Waals surface area contributed by atoms with Crippen molar-refractivity contribution in [1.82, 2.24) is 19.8 Å². The molecule has 4 rings (SSSR count). The first-order valence-corrected chi connectivity index (χ1v) is 13.3. The molecule has 0 spiro atoms. The SMILES string of the molecule is CC(C)CC(=O)[C@H]1CCC[C@H]1Cc1nc(Nc2ccc(C(=O)N3CCN(C)CC3)cc2)ncc1C(F)(F)F. The van der Waals surface area contributed by atoms with Crippen LogP contribution in [0.3, 0.4) is 0 Å². The van der Waals surface area contributed by atoms with E-state index in [0.29, 0.717) is 43.6 Å². The topological polar surface area (TPSA) is 78.4 Å². The Morgan fingerprint density at radius 3 is 2.39 bits per heavy atom. The molecular formula is C28H36F3N5O2. The van der Waals surface area contributed by atoms with E-state index in [9.17, 15) is 22.8 Å². The summed E-state index contributed by atoms with van der Waals surface area (Å²) in [6.45, 7) is 6.94.